The lowest BCUT2D eigenvalue weighted by atomic mass is 10.1. The van der Waals surface area contributed by atoms with Crippen LogP contribution in [0.3, 0.4) is 0 Å². The highest BCUT2D eigenvalue weighted by atomic mass is 16.5. The number of hydrogen-bond donors (Lipinski definition) is 0. The number of esters is 1. The highest BCUT2D eigenvalue weighted by Gasteiger charge is 1.99. The Morgan fingerprint density at radius 3 is 2.40 bits per heavy atom. The van der Waals surface area contributed by atoms with E-state index >= 15 is 0 Å². The average molecular weight is 266 g/mol. The van der Waals surface area contributed by atoms with Crippen molar-refractivity contribution in [2.75, 3.05) is 0 Å². The summed E-state index contributed by atoms with van der Waals surface area (Å²) in [5.41, 5.74) is 2.31. The number of para-hydroxylation sites is 1. The van der Waals surface area contributed by atoms with Gasteiger partial charge in [0.1, 0.15) is 5.75 Å². The normalized spacial score (nSPS) is 10.7. The van der Waals surface area contributed by atoms with Crippen molar-refractivity contribution in [1.29, 1.82) is 0 Å². The van der Waals surface area contributed by atoms with Crippen molar-refractivity contribution in [3.63, 3.8) is 0 Å². The molecule has 0 N–H and O–H groups in total. The fourth-order valence-electron chi connectivity index (χ4n) is 1.89. The molecular formula is C18H18O2. The van der Waals surface area contributed by atoms with Crippen molar-refractivity contribution in [2.45, 2.75) is 19.8 Å². The molecule has 0 spiro atoms. The Kier molecular flexibility index (Phi) is 5.13. The van der Waals surface area contributed by atoms with Crippen LogP contribution in [0.4, 0.5) is 0 Å². The van der Waals surface area contributed by atoms with Gasteiger partial charge in [-0.15, -0.1) is 0 Å². The number of ether oxygens (including phenoxy) is 1. The number of benzene rings is 2. The molecule has 0 radical (unpaired) electrons. The van der Waals surface area contributed by atoms with Gasteiger partial charge in [0.15, 0.2) is 0 Å². The molecular weight excluding hydrogens is 248 g/mol. The summed E-state index contributed by atoms with van der Waals surface area (Å²) in [7, 11) is 0. The molecule has 0 amide bonds. The SMILES string of the molecule is CCCc1ccc(/C=C/C(=O)Oc2ccccc2)cc1. The Labute approximate surface area is 119 Å². The maximum absolute atomic E-state index is 11.6. The van der Waals surface area contributed by atoms with Crippen molar-refractivity contribution in [3.8, 4) is 5.75 Å². The van der Waals surface area contributed by atoms with Crippen LogP contribution in [0.15, 0.2) is 60.7 Å². The zero-order valence-electron chi connectivity index (χ0n) is 11.6. The van der Waals surface area contributed by atoms with E-state index in [-0.39, 0.29) is 5.97 Å². The van der Waals surface area contributed by atoms with Gasteiger partial charge in [0.05, 0.1) is 0 Å². The quantitative estimate of drug-likeness (QED) is 0.459. The van der Waals surface area contributed by atoms with Crippen molar-refractivity contribution in [1.82, 2.24) is 0 Å². The summed E-state index contributed by atoms with van der Waals surface area (Å²) in [6, 6.07) is 17.3. The molecule has 0 aliphatic heterocycles. The zero-order valence-corrected chi connectivity index (χ0v) is 11.6. The summed E-state index contributed by atoms with van der Waals surface area (Å²) in [4.78, 5) is 11.6. The Bertz CT molecular complexity index is 568. The van der Waals surface area contributed by atoms with Gasteiger partial charge in [-0.25, -0.2) is 4.79 Å². The predicted molar refractivity (Wildman–Crippen MR) is 81.5 cm³/mol. The van der Waals surface area contributed by atoms with E-state index in [0.29, 0.717) is 5.75 Å². The van der Waals surface area contributed by atoms with Gasteiger partial charge in [-0.2, -0.15) is 0 Å². The molecule has 0 saturated heterocycles. The smallest absolute Gasteiger partial charge is 0.336 e. The third-order valence-electron chi connectivity index (χ3n) is 2.89. The Balaban J connectivity index is 1.93. The van der Waals surface area contributed by atoms with E-state index in [1.54, 1.807) is 18.2 Å². The molecule has 2 rings (SSSR count). The van der Waals surface area contributed by atoms with E-state index in [9.17, 15) is 4.79 Å². The van der Waals surface area contributed by atoms with Crippen LogP contribution in [0.2, 0.25) is 0 Å². The third kappa shape index (κ3) is 4.39. The number of carbonyl (C=O) groups is 1. The highest BCUT2D eigenvalue weighted by molar-refractivity contribution is 5.88. The number of aryl methyl sites for hydroxylation is 1. The first kappa shape index (κ1) is 14.1. The lowest BCUT2D eigenvalue weighted by molar-refractivity contribution is -0.128. The minimum absolute atomic E-state index is 0.367. The summed E-state index contributed by atoms with van der Waals surface area (Å²) in [5, 5.41) is 0. The molecule has 2 aromatic rings. The highest BCUT2D eigenvalue weighted by Crippen LogP contribution is 2.10. The van der Waals surface area contributed by atoms with Crippen LogP contribution in [0.25, 0.3) is 6.08 Å². The summed E-state index contributed by atoms with van der Waals surface area (Å²) < 4.78 is 5.17. The molecule has 0 saturated carbocycles. The van der Waals surface area contributed by atoms with E-state index in [0.717, 1.165) is 18.4 Å². The maximum Gasteiger partial charge on any atom is 0.336 e. The van der Waals surface area contributed by atoms with Crippen molar-refractivity contribution in [3.05, 3.63) is 71.8 Å². The molecule has 0 atom stereocenters. The van der Waals surface area contributed by atoms with E-state index in [1.807, 2.05) is 30.3 Å². The van der Waals surface area contributed by atoms with E-state index < -0.39 is 0 Å². The minimum Gasteiger partial charge on any atom is -0.423 e. The molecule has 2 aromatic carbocycles. The van der Waals surface area contributed by atoms with Crippen molar-refractivity contribution >= 4 is 12.0 Å². The van der Waals surface area contributed by atoms with Gasteiger partial charge in [-0.05, 0) is 35.8 Å². The summed E-state index contributed by atoms with van der Waals surface area (Å²) in [6.45, 7) is 2.16. The van der Waals surface area contributed by atoms with Gasteiger partial charge in [-0.3, -0.25) is 0 Å². The summed E-state index contributed by atoms with van der Waals surface area (Å²) >= 11 is 0. The second-order valence-electron chi connectivity index (χ2n) is 4.56. The number of carbonyl (C=O) groups excluding carboxylic acids is 1. The molecule has 0 aliphatic rings. The lowest BCUT2D eigenvalue weighted by Crippen LogP contribution is -2.03. The van der Waals surface area contributed by atoms with Crippen molar-refractivity contribution in [2.24, 2.45) is 0 Å². The second kappa shape index (κ2) is 7.29. The molecule has 0 fully saturated rings. The van der Waals surface area contributed by atoms with Gasteiger partial charge in [-0.1, -0.05) is 55.8 Å². The molecule has 0 unspecified atom stereocenters. The van der Waals surface area contributed by atoms with E-state index in [4.69, 9.17) is 4.74 Å². The fourth-order valence-corrected chi connectivity index (χ4v) is 1.89. The standard InChI is InChI=1S/C18H18O2/c1-2-6-15-9-11-16(12-10-15)13-14-18(19)20-17-7-4-3-5-8-17/h3-5,7-14H,2,6H2,1H3/b14-13+. The van der Waals surface area contributed by atoms with Crippen LogP contribution in [-0.4, -0.2) is 5.97 Å². The van der Waals surface area contributed by atoms with Crippen LogP contribution in [-0.2, 0) is 11.2 Å². The first-order chi connectivity index (χ1) is 9.78. The lowest BCUT2D eigenvalue weighted by Gasteiger charge is -2.00. The largest absolute Gasteiger partial charge is 0.423 e. The Morgan fingerprint density at radius 2 is 1.75 bits per heavy atom. The monoisotopic (exact) mass is 266 g/mol. The number of rotatable bonds is 5. The van der Waals surface area contributed by atoms with E-state index in [1.165, 1.54) is 11.6 Å². The van der Waals surface area contributed by atoms with Crippen LogP contribution in [0.5, 0.6) is 5.75 Å². The molecule has 0 bridgehead atoms. The van der Waals surface area contributed by atoms with Gasteiger partial charge in [0.25, 0.3) is 0 Å². The average Bonchev–Trinajstić information content (AvgIpc) is 2.48. The van der Waals surface area contributed by atoms with Gasteiger partial charge in [0.2, 0.25) is 0 Å². The summed E-state index contributed by atoms with van der Waals surface area (Å²) in [5.74, 6) is 0.189. The van der Waals surface area contributed by atoms with Crippen molar-refractivity contribution < 1.29 is 9.53 Å². The summed E-state index contributed by atoms with van der Waals surface area (Å²) in [6.07, 6.45) is 5.43. The minimum atomic E-state index is -0.367. The maximum atomic E-state index is 11.6. The topological polar surface area (TPSA) is 26.3 Å². The van der Waals surface area contributed by atoms with Crippen LogP contribution in [0, 0.1) is 0 Å². The van der Waals surface area contributed by atoms with E-state index in [2.05, 4.69) is 19.1 Å². The van der Waals surface area contributed by atoms with Gasteiger partial charge < -0.3 is 4.74 Å². The zero-order chi connectivity index (χ0) is 14.2. The molecule has 102 valence electrons. The van der Waals surface area contributed by atoms with Gasteiger partial charge >= 0.3 is 5.97 Å². The Hall–Kier alpha value is -2.35. The molecule has 0 aromatic heterocycles. The second-order valence-corrected chi connectivity index (χ2v) is 4.56. The van der Waals surface area contributed by atoms with Crippen LogP contribution < -0.4 is 4.74 Å². The van der Waals surface area contributed by atoms with Gasteiger partial charge in [0, 0.05) is 6.08 Å². The van der Waals surface area contributed by atoms with Crippen LogP contribution >= 0.6 is 0 Å². The third-order valence-corrected chi connectivity index (χ3v) is 2.89. The molecule has 0 aliphatic carbocycles. The predicted octanol–water partition coefficient (Wildman–Crippen LogP) is 4.26. The van der Waals surface area contributed by atoms with Crippen LogP contribution in [0.1, 0.15) is 24.5 Å². The first-order valence-electron chi connectivity index (χ1n) is 6.82. The molecule has 2 nitrogen and oxygen atoms in total. The fraction of sp³-hybridized carbons (Fsp3) is 0.167. The molecule has 20 heavy (non-hydrogen) atoms. The first-order valence-corrected chi connectivity index (χ1v) is 6.82. The molecule has 2 heteroatoms. The number of hydrogen-bond acceptors (Lipinski definition) is 2. The molecule has 0 heterocycles. The Morgan fingerprint density at radius 1 is 1.05 bits per heavy atom.